The fourth-order valence-electron chi connectivity index (χ4n) is 0.890. The van der Waals surface area contributed by atoms with Crippen LogP contribution in [-0.4, -0.2) is 18.4 Å². The Labute approximate surface area is 77.4 Å². The molecule has 0 bridgehead atoms. The van der Waals surface area contributed by atoms with E-state index in [1.165, 1.54) is 6.08 Å². The Hall–Kier alpha value is -1.55. The molecule has 1 radical (unpaired) electrons. The van der Waals surface area contributed by atoms with Gasteiger partial charge in [0, 0.05) is 5.69 Å². The average molecular weight is 174 g/mol. The molecule has 65 valence electrons. The van der Waals surface area contributed by atoms with Crippen molar-refractivity contribution in [2.24, 2.45) is 0 Å². The van der Waals surface area contributed by atoms with Crippen LogP contribution in [0.1, 0.15) is 0 Å². The van der Waals surface area contributed by atoms with Gasteiger partial charge in [-0.2, -0.15) is 0 Å². The number of carbonyl (C=O) groups excluding carboxylic acids is 1. The van der Waals surface area contributed by atoms with E-state index >= 15 is 0 Å². The molecule has 2 N–H and O–H groups in total. The minimum Gasteiger partial charge on any atom is -0.450 e. The van der Waals surface area contributed by atoms with Crippen molar-refractivity contribution in [3.05, 3.63) is 36.9 Å². The first-order valence-corrected chi connectivity index (χ1v) is 3.77. The summed E-state index contributed by atoms with van der Waals surface area (Å²) in [7, 11) is 0.976. The van der Waals surface area contributed by atoms with E-state index in [0.29, 0.717) is 11.2 Å². The Morgan fingerprint density at radius 2 is 2.38 bits per heavy atom. The Balaban J connectivity index is 2.77. The summed E-state index contributed by atoms with van der Waals surface area (Å²) >= 11 is 0. The topological polar surface area (TPSA) is 49.3 Å². The van der Waals surface area contributed by atoms with E-state index in [1.807, 2.05) is 0 Å². The van der Waals surface area contributed by atoms with Crippen molar-refractivity contribution in [2.45, 2.75) is 0 Å². The van der Waals surface area contributed by atoms with Gasteiger partial charge in [-0.25, -0.2) is 0 Å². The summed E-state index contributed by atoms with van der Waals surface area (Å²) in [5.41, 5.74) is 1.27. The van der Waals surface area contributed by atoms with E-state index in [9.17, 15) is 4.79 Å². The normalized spacial score (nSPS) is 9.00. The van der Waals surface area contributed by atoms with Gasteiger partial charge in [-0.15, -0.1) is 0 Å². The summed E-state index contributed by atoms with van der Waals surface area (Å²) in [4.78, 5) is 10.9. The Morgan fingerprint density at radius 1 is 1.62 bits per heavy atom. The minimum absolute atomic E-state index is 0.268. The molecule has 4 heteroatoms. The number of carbonyl (C=O) groups is 1. The molecule has 1 amide bonds. The maximum absolute atomic E-state index is 10.9. The lowest BCUT2D eigenvalue weighted by Gasteiger charge is -2.02. The summed E-state index contributed by atoms with van der Waals surface area (Å²) < 4.78 is 0. The van der Waals surface area contributed by atoms with Crippen molar-refractivity contribution in [1.82, 2.24) is 0 Å². The van der Waals surface area contributed by atoms with Crippen LogP contribution < -0.4 is 10.8 Å². The number of hydrogen-bond donors (Lipinski definition) is 2. The van der Waals surface area contributed by atoms with Crippen LogP contribution in [0, 0.1) is 0 Å². The van der Waals surface area contributed by atoms with Crippen LogP contribution in [-0.2, 0) is 4.79 Å². The molecule has 0 saturated carbocycles. The van der Waals surface area contributed by atoms with Crippen molar-refractivity contribution in [3.63, 3.8) is 0 Å². The molecule has 3 nitrogen and oxygen atoms in total. The predicted octanol–water partition coefficient (Wildman–Crippen LogP) is 0.0479. The quantitative estimate of drug-likeness (QED) is 0.502. The number of amides is 1. The fourth-order valence-corrected chi connectivity index (χ4v) is 0.890. The molecule has 0 fully saturated rings. The largest absolute Gasteiger partial charge is 0.450 e. The first kappa shape index (κ1) is 9.54. The summed E-state index contributed by atoms with van der Waals surface area (Å²) in [5.74, 6) is -0.268. The van der Waals surface area contributed by atoms with E-state index in [-0.39, 0.29) is 5.91 Å². The van der Waals surface area contributed by atoms with Gasteiger partial charge >= 0.3 is 7.48 Å². The van der Waals surface area contributed by atoms with Crippen LogP contribution in [0.25, 0.3) is 0 Å². The molecule has 0 aliphatic rings. The van der Waals surface area contributed by atoms with Gasteiger partial charge < -0.3 is 10.3 Å². The smallest absolute Gasteiger partial charge is 0.326 e. The van der Waals surface area contributed by atoms with Gasteiger partial charge in [0.1, 0.15) is 0 Å². The lowest BCUT2D eigenvalue weighted by Crippen LogP contribution is -2.15. The van der Waals surface area contributed by atoms with Gasteiger partial charge in [0.2, 0.25) is 5.91 Å². The van der Waals surface area contributed by atoms with E-state index in [0.717, 1.165) is 7.48 Å². The van der Waals surface area contributed by atoms with Gasteiger partial charge in [0.25, 0.3) is 0 Å². The molecule has 0 heterocycles. The van der Waals surface area contributed by atoms with Crippen LogP contribution in [0.4, 0.5) is 5.69 Å². The summed E-state index contributed by atoms with van der Waals surface area (Å²) in [6, 6.07) is 6.85. The van der Waals surface area contributed by atoms with E-state index in [2.05, 4.69) is 11.9 Å². The van der Waals surface area contributed by atoms with Crippen molar-refractivity contribution >= 4 is 24.5 Å². The predicted molar refractivity (Wildman–Crippen MR) is 52.9 cm³/mol. The Morgan fingerprint density at radius 3 is 3.00 bits per heavy atom. The van der Waals surface area contributed by atoms with Gasteiger partial charge in [0.15, 0.2) is 0 Å². The van der Waals surface area contributed by atoms with E-state index in [4.69, 9.17) is 5.02 Å². The third-order valence-electron chi connectivity index (χ3n) is 1.49. The molecular weight excluding hydrogens is 165 g/mol. The first-order valence-electron chi connectivity index (χ1n) is 3.77. The zero-order chi connectivity index (χ0) is 9.68. The Bertz CT molecular complexity index is 325. The lowest BCUT2D eigenvalue weighted by atomic mass is 9.89. The van der Waals surface area contributed by atoms with E-state index < -0.39 is 0 Å². The van der Waals surface area contributed by atoms with Gasteiger partial charge in [-0.1, -0.05) is 24.2 Å². The molecule has 1 aromatic rings. The van der Waals surface area contributed by atoms with Crippen LogP contribution in [0.3, 0.4) is 0 Å². The number of anilines is 1. The summed E-state index contributed by atoms with van der Waals surface area (Å²) in [6.45, 7) is 3.33. The average Bonchev–Trinajstić information content (AvgIpc) is 2.18. The first-order chi connectivity index (χ1) is 6.26. The number of nitrogens with one attached hydrogen (secondary N) is 1. The molecule has 0 aliphatic carbocycles. The molecular formula is C9H9BNO2. The number of hydrogen-bond acceptors (Lipinski definition) is 2. The Kier molecular flexibility index (Phi) is 3.28. The van der Waals surface area contributed by atoms with Crippen molar-refractivity contribution in [2.75, 3.05) is 5.32 Å². The fraction of sp³-hybridized carbons (Fsp3) is 0. The SMILES string of the molecule is C=CC(=O)Nc1cccc([B]O)c1. The highest BCUT2D eigenvalue weighted by molar-refractivity contribution is 6.45. The van der Waals surface area contributed by atoms with Crippen LogP contribution >= 0.6 is 0 Å². The zero-order valence-corrected chi connectivity index (χ0v) is 7.03. The molecule has 1 aromatic carbocycles. The van der Waals surface area contributed by atoms with Gasteiger partial charge in [-0.3, -0.25) is 4.79 Å². The number of benzene rings is 1. The maximum atomic E-state index is 10.9. The van der Waals surface area contributed by atoms with Crippen molar-refractivity contribution in [3.8, 4) is 0 Å². The standard InChI is InChI=1S/C9H9BNO2/c1-2-9(12)11-8-5-3-4-7(6-8)10-13/h2-6,13H,1H2,(H,11,12). The van der Waals surface area contributed by atoms with Crippen LogP contribution in [0.2, 0.25) is 0 Å². The second-order valence-electron chi connectivity index (χ2n) is 2.45. The molecule has 0 saturated heterocycles. The second kappa shape index (κ2) is 4.47. The van der Waals surface area contributed by atoms with Crippen molar-refractivity contribution in [1.29, 1.82) is 0 Å². The third kappa shape index (κ3) is 2.76. The molecule has 0 aromatic heterocycles. The maximum Gasteiger partial charge on any atom is 0.326 e. The highest BCUT2D eigenvalue weighted by atomic mass is 16.2. The molecule has 1 rings (SSSR count). The second-order valence-corrected chi connectivity index (χ2v) is 2.45. The molecule has 13 heavy (non-hydrogen) atoms. The van der Waals surface area contributed by atoms with E-state index in [1.54, 1.807) is 24.3 Å². The third-order valence-corrected chi connectivity index (χ3v) is 1.49. The summed E-state index contributed by atoms with van der Waals surface area (Å²) in [6.07, 6.45) is 1.19. The van der Waals surface area contributed by atoms with Crippen LogP contribution in [0.5, 0.6) is 0 Å². The zero-order valence-electron chi connectivity index (χ0n) is 7.03. The van der Waals surface area contributed by atoms with Crippen molar-refractivity contribution < 1.29 is 9.82 Å². The summed E-state index contributed by atoms with van der Waals surface area (Å²) in [5, 5.41) is 11.3. The lowest BCUT2D eigenvalue weighted by molar-refractivity contribution is -0.111. The van der Waals surface area contributed by atoms with Crippen LogP contribution in [0.15, 0.2) is 36.9 Å². The number of rotatable bonds is 3. The van der Waals surface area contributed by atoms with Gasteiger partial charge in [-0.05, 0) is 18.2 Å². The molecule has 0 atom stereocenters. The highest BCUT2D eigenvalue weighted by Gasteiger charge is 1.98. The highest BCUT2D eigenvalue weighted by Crippen LogP contribution is 2.02. The molecule has 0 unspecified atom stereocenters. The molecule has 0 spiro atoms. The van der Waals surface area contributed by atoms with Gasteiger partial charge in [0.05, 0.1) is 0 Å². The monoisotopic (exact) mass is 174 g/mol. The molecule has 0 aliphatic heterocycles. The minimum atomic E-state index is -0.268.